The second-order valence-corrected chi connectivity index (χ2v) is 10.8. The fourth-order valence-corrected chi connectivity index (χ4v) is 5.02. The minimum Gasteiger partial charge on any atom is -0.492 e. The molecular weight excluding hydrogens is 530 g/mol. The average Bonchev–Trinajstić information content (AvgIpc) is 3.18. The van der Waals surface area contributed by atoms with Gasteiger partial charge in [0.2, 0.25) is 0 Å². The van der Waals surface area contributed by atoms with Crippen LogP contribution in [0, 0.1) is 6.92 Å². The zero-order valence-electron chi connectivity index (χ0n) is 23.2. The van der Waals surface area contributed by atoms with Crippen molar-refractivity contribution in [3.63, 3.8) is 0 Å². The van der Waals surface area contributed by atoms with Gasteiger partial charge in [-0.3, -0.25) is 4.79 Å². The molecule has 0 aliphatic carbocycles. The zero-order valence-corrected chi connectivity index (χ0v) is 24.0. The SMILES string of the molecule is Cc1ccccc1-c1ccc(C(=O)NC2(C(=O)O)CCCOCC2)nc1-c1ccc(Cl)c(OCCCN(C)C)c1. The van der Waals surface area contributed by atoms with E-state index in [1.807, 2.05) is 63.5 Å². The quantitative estimate of drug-likeness (QED) is 0.315. The van der Waals surface area contributed by atoms with Crippen LogP contribution in [0.2, 0.25) is 5.02 Å². The van der Waals surface area contributed by atoms with Crippen molar-refractivity contribution in [1.82, 2.24) is 15.2 Å². The van der Waals surface area contributed by atoms with Crippen LogP contribution in [-0.4, -0.2) is 72.9 Å². The Kier molecular flexibility index (Phi) is 9.79. The van der Waals surface area contributed by atoms with Gasteiger partial charge < -0.3 is 24.8 Å². The molecule has 2 aromatic carbocycles. The Balaban J connectivity index is 1.73. The molecule has 1 aromatic heterocycles. The smallest absolute Gasteiger partial charge is 0.329 e. The van der Waals surface area contributed by atoms with Gasteiger partial charge in [0.05, 0.1) is 17.3 Å². The molecule has 1 atom stereocenters. The summed E-state index contributed by atoms with van der Waals surface area (Å²) in [6.07, 6.45) is 1.85. The van der Waals surface area contributed by atoms with Crippen LogP contribution in [0.1, 0.15) is 41.7 Å². The summed E-state index contributed by atoms with van der Waals surface area (Å²) >= 11 is 6.47. The van der Waals surface area contributed by atoms with Crippen LogP contribution in [0.15, 0.2) is 54.6 Å². The van der Waals surface area contributed by atoms with E-state index < -0.39 is 17.4 Å². The van der Waals surface area contributed by atoms with Crippen molar-refractivity contribution in [3.8, 4) is 28.1 Å². The Labute approximate surface area is 240 Å². The van der Waals surface area contributed by atoms with Crippen molar-refractivity contribution in [1.29, 1.82) is 0 Å². The summed E-state index contributed by atoms with van der Waals surface area (Å²) in [4.78, 5) is 32.6. The molecule has 8 nitrogen and oxygen atoms in total. The highest BCUT2D eigenvalue weighted by atomic mass is 35.5. The third-order valence-electron chi connectivity index (χ3n) is 7.10. The summed E-state index contributed by atoms with van der Waals surface area (Å²) in [6, 6.07) is 16.9. The Bertz CT molecular complexity index is 1350. The lowest BCUT2D eigenvalue weighted by atomic mass is 9.90. The van der Waals surface area contributed by atoms with E-state index >= 15 is 0 Å². The molecule has 2 N–H and O–H groups in total. The Morgan fingerprint density at radius 1 is 1.10 bits per heavy atom. The lowest BCUT2D eigenvalue weighted by Crippen LogP contribution is -2.54. The van der Waals surface area contributed by atoms with Gasteiger partial charge in [-0.15, -0.1) is 0 Å². The maximum atomic E-state index is 13.5. The molecule has 1 unspecified atom stereocenters. The lowest BCUT2D eigenvalue weighted by molar-refractivity contribution is -0.145. The first-order valence-corrected chi connectivity index (χ1v) is 13.9. The Morgan fingerprint density at radius 3 is 2.65 bits per heavy atom. The molecule has 0 bridgehead atoms. The number of nitrogens with zero attached hydrogens (tertiary/aromatic N) is 2. The van der Waals surface area contributed by atoms with Crippen molar-refractivity contribution in [2.45, 2.75) is 38.1 Å². The lowest BCUT2D eigenvalue weighted by Gasteiger charge is -2.28. The van der Waals surface area contributed by atoms with Gasteiger partial charge in [0.15, 0.2) is 0 Å². The molecule has 3 aromatic rings. The molecule has 40 heavy (non-hydrogen) atoms. The number of carbonyl (C=O) groups excluding carboxylic acids is 1. The van der Waals surface area contributed by atoms with E-state index in [0.29, 0.717) is 36.1 Å². The number of carboxylic acid groups (broad SMARTS) is 1. The number of aliphatic carboxylic acids is 1. The van der Waals surface area contributed by atoms with Crippen LogP contribution in [0.25, 0.3) is 22.4 Å². The van der Waals surface area contributed by atoms with Crippen LogP contribution in [-0.2, 0) is 9.53 Å². The minimum absolute atomic E-state index is 0.126. The Hall–Kier alpha value is -3.46. The zero-order chi connectivity index (χ0) is 28.7. The maximum Gasteiger partial charge on any atom is 0.329 e. The first-order chi connectivity index (χ1) is 19.2. The molecule has 1 amide bonds. The number of pyridine rings is 1. The van der Waals surface area contributed by atoms with Gasteiger partial charge >= 0.3 is 5.97 Å². The summed E-state index contributed by atoms with van der Waals surface area (Å²) in [7, 11) is 4.02. The molecule has 2 heterocycles. The number of hydrogen-bond donors (Lipinski definition) is 2. The number of rotatable bonds is 10. The summed E-state index contributed by atoms with van der Waals surface area (Å²) < 4.78 is 11.5. The van der Waals surface area contributed by atoms with Gasteiger partial charge in [-0.1, -0.05) is 41.9 Å². The third kappa shape index (κ3) is 6.99. The summed E-state index contributed by atoms with van der Waals surface area (Å²) in [6.45, 7) is 4.14. The third-order valence-corrected chi connectivity index (χ3v) is 7.41. The van der Waals surface area contributed by atoms with Gasteiger partial charge in [0.1, 0.15) is 17.0 Å². The fraction of sp³-hybridized carbons (Fsp3) is 0.387. The summed E-state index contributed by atoms with van der Waals surface area (Å²) in [5, 5.41) is 13.3. The first kappa shape index (κ1) is 29.5. The molecule has 0 saturated carbocycles. The number of ether oxygens (including phenoxy) is 2. The molecule has 1 aliphatic rings. The van der Waals surface area contributed by atoms with E-state index in [0.717, 1.165) is 35.2 Å². The molecule has 212 valence electrons. The molecule has 1 fully saturated rings. The van der Waals surface area contributed by atoms with Crippen molar-refractivity contribution >= 4 is 23.5 Å². The fourth-order valence-electron chi connectivity index (χ4n) is 4.85. The number of hydrogen-bond acceptors (Lipinski definition) is 6. The second kappa shape index (κ2) is 13.3. The standard InChI is InChI=1S/C31H36ClN3O5/c1-21-8-4-5-9-23(21)24-11-13-26(29(36)34-31(30(37)38)14-6-17-39-19-15-31)33-28(24)22-10-12-25(32)27(20-22)40-18-7-16-35(2)3/h4-5,8-13,20H,6-7,14-19H2,1-3H3,(H,34,36)(H,37,38). The molecule has 9 heteroatoms. The van der Waals surface area contributed by atoms with Gasteiger partial charge in [-0.05, 0) is 75.7 Å². The maximum absolute atomic E-state index is 13.5. The molecule has 0 spiro atoms. The van der Waals surface area contributed by atoms with Crippen LogP contribution in [0.3, 0.4) is 0 Å². The number of aromatic nitrogens is 1. The van der Waals surface area contributed by atoms with Gasteiger partial charge in [0.25, 0.3) is 5.91 Å². The van der Waals surface area contributed by atoms with E-state index in [4.69, 9.17) is 26.1 Å². The van der Waals surface area contributed by atoms with E-state index in [9.17, 15) is 14.7 Å². The highest BCUT2D eigenvalue weighted by Crippen LogP contribution is 2.36. The number of carbonyl (C=O) groups is 2. The van der Waals surface area contributed by atoms with Crippen LogP contribution in [0.4, 0.5) is 0 Å². The highest BCUT2D eigenvalue weighted by molar-refractivity contribution is 6.32. The molecule has 1 saturated heterocycles. The van der Waals surface area contributed by atoms with Crippen LogP contribution < -0.4 is 10.1 Å². The van der Waals surface area contributed by atoms with Crippen LogP contribution >= 0.6 is 11.6 Å². The predicted octanol–water partition coefficient (Wildman–Crippen LogP) is 5.46. The number of aryl methyl sites for hydroxylation is 1. The normalized spacial score (nSPS) is 17.3. The topological polar surface area (TPSA) is 101 Å². The van der Waals surface area contributed by atoms with Crippen molar-refractivity contribution in [2.75, 3.05) is 40.5 Å². The minimum atomic E-state index is -1.40. The Morgan fingerprint density at radius 2 is 1.90 bits per heavy atom. The predicted molar refractivity (Wildman–Crippen MR) is 156 cm³/mol. The van der Waals surface area contributed by atoms with E-state index in [1.165, 1.54) is 0 Å². The largest absolute Gasteiger partial charge is 0.492 e. The van der Waals surface area contributed by atoms with Gasteiger partial charge in [-0.25, -0.2) is 9.78 Å². The number of carboxylic acids is 1. The highest BCUT2D eigenvalue weighted by Gasteiger charge is 2.41. The molecule has 4 rings (SSSR count). The monoisotopic (exact) mass is 565 g/mol. The molecule has 0 radical (unpaired) electrons. The number of amides is 1. The van der Waals surface area contributed by atoms with Gasteiger partial charge in [0, 0.05) is 37.3 Å². The summed E-state index contributed by atoms with van der Waals surface area (Å²) in [5.41, 5.74) is 2.90. The molecular formula is C31H36ClN3O5. The van der Waals surface area contributed by atoms with Crippen LogP contribution in [0.5, 0.6) is 5.75 Å². The van der Waals surface area contributed by atoms with E-state index in [1.54, 1.807) is 12.1 Å². The average molecular weight is 566 g/mol. The van der Waals surface area contributed by atoms with Crippen molar-refractivity contribution < 1.29 is 24.2 Å². The summed E-state index contributed by atoms with van der Waals surface area (Å²) in [5.74, 6) is -1.08. The second-order valence-electron chi connectivity index (χ2n) is 10.4. The number of benzene rings is 2. The number of halogens is 1. The molecule has 1 aliphatic heterocycles. The van der Waals surface area contributed by atoms with Gasteiger partial charge in [-0.2, -0.15) is 0 Å². The number of nitrogens with one attached hydrogen (secondary N) is 1. The van der Waals surface area contributed by atoms with E-state index in [-0.39, 0.29) is 25.1 Å². The van der Waals surface area contributed by atoms with Crippen molar-refractivity contribution in [2.24, 2.45) is 0 Å². The van der Waals surface area contributed by atoms with E-state index in [2.05, 4.69) is 10.2 Å². The first-order valence-electron chi connectivity index (χ1n) is 13.5. The van der Waals surface area contributed by atoms with Crippen molar-refractivity contribution in [3.05, 3.63) is 70.9 Å².